The van der Waals surface area contributed by atoms with E-state index in [1.165, 1.54) is 82.4 Å². The monoisotopic (exact) mass is 676 g/mol. The smallest absolute Gasteiger partial charge is 0.0625 e. The second kappa shape index (κ2) is 12.7. The number of nitrogens with zero attached hydrogens (tertiary/aromatic N) is 2. The number of rotatable bonds is 6. The highest BCUT2D eigenvalue weighted by Crippen LogP contribution is 2.43. The van der Waals surface area contributed by atoms with Crippen LogP contribution in [0.15, 0.2) is 200 Å². The summed E-state index contributed by atoms with van der Waals surface area (Å²) in [4.78, 5) is 2.21. The van der Waals surface area contributed by atoms with Crippen LogP contribution in [-0.4, -0.2) is 11.6 Å². The van der Waals surface area contributed by atoms with Crippen molar-refractivity contribution in [2.45, 2.75) is 0 Å². The van der Waals surface area contributed by atoms with Crippen LogP contribution >= 0.6 is 0 Å². The highest BCUT2D eigenvalue weighted by molar-refractivity contribution is 6.32. The molecule has 0 amide bonds. The van der Waals surface area contributed by atoms with Gasteiger partial charge in [-0.15, -0.1) is 0 Å². The summed E-state index contributed by atoms with van der Waals surface area (Å²) in [6.07, 6.45) is 0. The number of fused-ring (bicyclic) bond motifs is 8. The highest BCUT2D eigenvalue weighted by Gasteiger charge is 2.19. The Kier molecular flexibility index (Phi) is 7.40. The first kappa shape index (κ1) is 30.9. The van der Waals surface area contributed by atoms with Gasteiger partial charge in [-0.1, -0.05) is 158 Å². The number of hydrogen-bond donors (Lipinski definition) is 0. The zero-order valence-electron chi connectivity index (χ0n) is 29.4. The molecular formula is C51H36N2. The van der Waals surface area contributed by atoms with E-state index in [9.17, 15) is 0 Å². The molecule has 0 saturated heterocycles. The second-order valence-electron chi connectivity index (χ2n) is 13.8. The van der Waals surface area contributed by atoms with Crippen molar-refractivity contribution in [2.75, 3.05) is 11.9 Å². The van der Waals surface area contributed by atoms with Gasteiger partial charge in [-0.25, -0.2) is 0 Å². The van der Waals surface area contributed by atoms with Gasteiger partial charge in [0.15, 0.2) is 0 Å². The molecule has 0 N–H and O–H groups in total. The summed E-state index contributed by atoms with van der Waals surface area (Å²) in [6, 6.07) is 72.7. The van der Waals surface area contributed by atoms with Crippen LogP contribution in [0.2, 0.25) is 0 Å². The van der Waals surface area contributed by atoms with Crippen LogP contribution in [0.4, 0.5) is 11.4 Å². The summed E-state index contributed by atoms with van der Waals surface area (Å²) in [5, 5.41) is 7.66. The predicted octanol–water partition coefficient (Wildman–Crippen LogP) is 13.9. The summed E-state index contributed by atoms with van der Waals surface area (Å²) in [5.41, 5.74) is 13.2. The third-order valence-electron chi connectivity index (χ3n) is 10.8. The van der Waals surface area contributed by atoms with Gasteiger partial charge >= 0.3 is 0 Å². The molecule has 10 aromatic rings. The van der Waals surface area contributed by atoms with E-state index in [1.54, 1.807) is 0 Å². The molecule has 0 fully saturated rings. The lowest BCUT2D eigenvalue weighted by Gasteiger charge is -2.19. The maximum Gasteiger partial charge on any atom is 0.0625 e. The van der Waals surface area contributed by atoms with E-state index < -0.39 is 0 Å². The Balaban J connectivity index is 1.10. The van der Waals surface area contributed by atoms with Crippen LogP contribution < -0.4 is 4.90 Å². The Morgan fingerprint density at radius 1 is 0.340 bits per heavy atom. The Morgan fingerprint density at radius 3 is 1.42 bits per heavy atom. The molecule has 0 atom stereocenters. The van der Waals surface area contributed by atoms with Gasteiger partial charge in [0.25, 0.3) is 0 Å². The molecule has 1 aromatic heterocycles. The molecule has 2 nitrogen and oxygen atoms in total. The normalized spacial score (nSPS) is 11.5. The quantitative estimate of drug-likeness (QED) is 0.159. The zero-order valence-corrected chi connectivity index (χ0v) is 29.4. The second-order valence-corrected chi connectivity index (χ2v) is 13.8. The van der Waals surface area contributed by atoms with Crippen molar-refractivity contribution in [3.8, 4) is 39.1 Å². The first-order valence-corrected chi connectivity index (χ1v) is 18.2. The summed E-state index contributed by atoms with van der Waals surface area (Å²) in [6.45, 7) is 0. The summed E-state index contributed by atoms with van der Waals surface area (Å²) < 4.78 is 2.49. The molecule has 0 radical (unpaired) electrons. The Morgan fingerprint density at radius 2 is 0.774 bits per heavy atom. The molecule has 0 spiro atoms. The fraction of sp³-hybridized carbons (Fsp3) is 0.0196. The predicted molar refractivity (Wildman–Crippen MR) is 227 cm³/mol. The lowest BCUT2D eigenvalue weighted by atomic mass is 9.96. The van der Waals surface area contributed by atoms with Crippen LogP contribution in [0, 0.1) is 0 Å². The van der Waals surface area contributed by atoms with E-state index in [2.05, 4.69) is 217 Å². The SMILES string of the molecule is CN(c1ccccc1)c1ccc(-c2ccc(-c3ccc4c5c6ccccc6c6ccccc6c5n(-c5ccc(-c6ccccc6)cc5)c4c3)cc2)cc1. The van der Waals surface area contributed by atoms with Crippen LogP contribution in [0.5, 0.6) is 0 Å². The maximum atomic E-state index is 2.49. The molecule has 0 aliphatic heterocycles. The van der Waals surface area contributed by atoms with Crippen molar-refractivity contribution in [1.82, 2.24) is 4.57 Å². The van der Waals surface area contributed by atoms with Gasteiger partial charge in [-0.05, 0) is 92.0 Å². The topological polar surface area (TPSA) is 8.17 Å². The van der Waals surface area contributed by atoms with Crippen LogP contribution in [0.1, 0.15) is 0 Å². The fourth-order valence-corrected chi connectivity index (χ4v) is 8.09. The van der Waals surface area contributed by atoms with E-state index in [1.807, 2.05) is 0 Å². The van der Waals surface area contributed by atoms with E-state index in [0.717, 1.165) is 11.4 Å². The molecule has 0 aliphatic rings. The largest absolute Gasteiger partial charge is 0.345 e. The van der Waals surface area contributed by atoms with E-state index in [-0.39, 0.29) is 0 Å². The van der Waals surface area contributed by atoms with Crippen LogP contribution in [-0.2, 0) is 0 Å². The first-order chi connectivity index (χ1) is 26.2. The highest BCUT2D eigenvalue weighted by atomic mass is 15.1. The van der Waals surface area contributed by atoms with Crippen molar-refractivity contribution in [3.63, 3.8) is 0 Å². The standard InChI is InChI=1S/C51H36N2/c1-52(41-14-6-3-7-15-41)42-29-24-38(25-30-42)36-20-22-39(23-21-36)40-28-33-48-49(34-40)53(43-31-26-37(27-32-43)35-12-4-2-5-13-35)51-47-19-11-9-17-45(47)44-16-8-10-18-46(44)50(48)51/h2-34H,1H3. The average molecular weight is 677 g/mol. The fourth-order valence-electron chi connectivity index (χ4n) is 8.09. The van der Waals surface area contributed by atoms with E-state index in [4.69, 9.17) is 0 Å². The first-order valence-electron chi connectivity index (χ1n) is 18.2. The van der Waals surface area contributed by atoms with Gasteiger partial charge in [0, 0.05) is 40.3 Å². The summed E-state index contributed by atoms with van der Waals surface area (Å²) in [7, 11) is 2.11. The number of para-hydroxylation sites is 1. The van der Waals surface area contributed by atoms with Crippen molar-refractivity contribution >= 4 is 54.7 Å². The van der Waals surface area contributed by atoms with Gasteiger partial charge in [-0.3, -0.25) is 0 Å². The van der Waals surface area contributed by atoms with Crippen molar-refractivity contribution in [3.05, 3.63) is 200 Å². The van der Waals surface area contributed by atoms with Gasteiger partial charge in [0.05, 0.1) is 11.0 Å². The average Bonchev–Trinajstić information content (AvgIpc) is 3.59. The zero-order chi connectivity index (χ0) is 35.3. The van der Waals surface area contributed by atoms with Crippen molar-refractivity contribution in [2.24, 2.45) is 0 Å². The molecule has 0 unspecified atom stereocenters. The molecule has 53 heavy (non-hydrogen) atoms. The number of aromatic nitrogens is 1. The molecule has 250 valence electrons. The summed E-state index contributed by atoms with van der Waals surface area (Å²) in [5.74, 6) is 0. The number of anilines is 2. The van der Waals surface area contributed by atoms with Crippen LogP contribution in [0.3, 0.4) is 0 Å². The van der Waals surface area contributed by atoms with Crippen molar-refractivity contribution < 1.29 is 0 Å². The van der Waals surface area contributed by atoms with Gasteiger partial charge in [0.1, 0.15) is 0 Å². The lowest BCUT2D eigenvalue weighted by Crippen LogP contribution is -2.08. The molecular weight excluding hydrogens is 641 g/mol. The molecule has 0 saturated carbocycles. The van der Waals surface area contributed by atoms with Gasteiger partial charge < -0.3 is 9.47 Å². The van der Waals surface area contributed by atoms with Crippen molar-refractivity contribution in [1.29, 1.82) is 0 Å². The Hall–Kier alpha value is -6.90. The maximum absolute atomic E-state index is 2.49. The third-order valence-corrected chi connectivity index (χ3v) is 10.8. The van der Waals surface area contributed by atoms with E-state index in [0.29, 0.717) is 0 Å². The lowest BCUT2D eigenvalue weighted by molar-refractivity contribution is 1.19. The molecule has 9 aromatic carbocycles. The Labute approximate surface area is 309 Å². The minimum absolute atomic E-state index is 1.15. The molecule has 2 heteroatoms. The van der Waals surface area contributed by atoms with Crippen LogP contribution in [0.25, 0.3) is 82.4 Å². The van der Waals surface area contributed by atoms with Gasteiger partial charge in [0.2, 0.25) is 0 Å². The third kappa shape index (κ3) is 5.27. The molecule has 0 aliphatic carbocycles. The molecule has 1 heterocycles. The molecule has 0 bridgehead atoms. The minimum atomic E-state index is 1.15. The summed E-state index contributed by atoms with van der Waals surface area (Å²) >= 11 is 0. The Bertz CT molecular complexity index is 2900. The number of hydrogen-bond acceptors (Lipinski definition) is 1. The molecule has 10 rings (SSSR count). The van der Waals surface area contributed by atoms with Gasteiger partial charge in [-0.2, -0.15) is 0 Å². The van der Waals surface area contributed by atoms with E-state index >= 15 is 0 Å². The minimum Gasteiger partial charge on any atom is -0.345 e. The number of benzene rings is 9.